The Morgan fingerprint density at radius 2 is 1.95 bits per heavy atom. The lowest BCUT2D eigenvalue weighted by atomic mass is 10.3. The summed E-state index contributed by atoms with van der Waals surface area (Å²) in [4.78, 5) is 4.55. The molecule has 0 bridgehead atoms. The fourth-order valence-corrected chi connectivity index (χ4v) is 2.75. The molecule has 0 fully saturated rings. The summed E-state index contributed by atoms with van der Waals surface area (Å²) in [6.45, 7) is 4.24. The number of halogens is 3. The molecule has 1 unspecified atom stereocenters. The predicted octanol–water partition coefficient (Wildman–Crippen LogP) is 4.99. The van der Waals surface area contributed by atoms with Crippen LogP contribution in [0.5, 0.6) is 0 Å². The average Bonchev–Trinajstić information content (AvgIpc) is 2.96. The van der Waals surface area contributed by atoms with Crippen LogP contribution in [0.3, 0.4) is 0 Å². The summed E-state index contributed by atoms with van der Waals surface area (Å²) in [5.74, 6) is 1.50. The number of nitrogens with zero attached hydrogens (tertiary/aromatic N) is 3. The molecule has 3 aromatic rings. The van der Waals surface area contributed by atoms with Crippen molar-refractivity contribution in [1.29, 1.82) is 0 Å². The zero-order chi connectivity index (χ0) is 15.1. The van der Waals surface area contributed by atoms with Gasteiger partial charge in [-0.2, -0.15) is 0 Å². The Labute approximate surface area is 136 Å². The van der Waals surface area contributed by atoms with Gasteiger partial charge < -0.3 is 9.09 Å². The number of hydrogen-bond donors (Lipinski definition) is 0. The van der Waals surface area contributed by atoms with E-state index in [0.717, 1.165) is 28.3 Å². The van der Waals surface area contributed by atoms with E-state index in [2.05, 4.69) is 10.1 Å². The van der Waals surface area contributed by atoms with Crippen molar-refractivity contribution in [2.24, 2.45) is 0 Å². The van der Waals surface area contributed by atoms with E-state index < -0.39 is 0 Å². The number of fused-ring (bicyclic) bond motifs is 1. The van der Waals surface area contributed by atoms with E-state index in [1.165, 1.54) is 0 Å². The zero-order valence-corrected chi connectivity index (χ0v) is 13.7. The molecule has 3 rings (SSSR count). The van der Waals surface area contributed by atoms with Gasteiger partial charge in [-0.3, -0.25) is 0 Å². The van der Waals surface area contributed by atoms with Crippen molar-refractivity contribution in [3.05, 3.63) is 45.5 Å². The summed E-state index contributed by atoms with van der Waals surface area (Å²) < 4.78 is 7.08. The van der Waals surface area contributed by atoms with Crippen LogP contribution in [-0.4, -0.2) is 14.7 Å². The first-order chi connectivity index (χ1) is 9.95. The summed E-state index contributed by atoms with van der Waals surface area (Å²) in [5, 5.41) is 4.72. The fourth-order valence-electron chi connectivity index (χ4n) is 2.26. The molecule has 0 radical (unpaired) electrons. The van der Waals surface area contributed by atoms with Crippen LogP contribution in [0.2, 0.25) is 10.0 Å². The summed E-state index contributed by atoms with van der Waals surface area (Å²) in [6.07, 6.45) is 0. The summed E-state index contributed by atoms with van der Waals surface area (Å²) in [6, 6.07) is 5.42. The van der Waals surface area contributed by atoms with Crippen LogP contribution in [-0.2, 0) is 6.54 Å². The number of alkyl halides is 1. The minimum atomic E-state index is -0.247. The molecule has 2 heterocycles. The first-order valence-corrected chi connectivity index (χ1v) is 7.56. The lowest BCUT2D eigenvalue weighted by Crippen LogP contribution is -2.06. The molecule has 0 aliphatic carbocycles. The minimum absolute atomic E-state index is 0.247. The normalized spacial score (nSPS) is 13.0. The van der Waals surface area contributed by atoms with Crippen molar-refractivity contribution in [1.82, 2.24) is 14.7 Å². The van der Waals surface area contributed by atoms with E-state index in [1.807, 2.05) is 24.5 Å². The molecule has 0 saturated heterocycles. The molecule has 0 spiro atoms. The lowest BCUT2D eigenvalue weighted by Gasteiger charge is -2.08. The highest BCUT2D eigenvalue weighted by Gasteiger charge is 2.17. The van der Waals surface area contributed by atoms with E-state index in [0.29, 0.717) is 16.6 Å². The standard InChI is InChI=1S/C14H12Cl3N3O/c1-7-3-9(19-21-7)6-20-13-5-11(17)10(16)4-12(13)18-14(20)8(2)15/h3-5,8H,6H2,1-2H3. The van der Waals surface area contributed by atoms with Crippen molar-refractivity contribution in [3.8, 4) is 0 Å². The maximum atomic E-state index is 6.24. The Morgan fingerprint density at radius 3 is 2.57 bits per heavy atom. The summed E-state index contributed by atoms with van der Waals surface area (Å²) >= 11 is 18.4. The van der Waals surface area contributed by atoms with Crippen LogP contribution in [0.4, 0.5) is 0 Å². The Hall–Kier alpha value is -1.23. The smallest absolute Gasteiger partial charge is 0.133 e. The van der Waals surface area contributed by atoms with Gasteiger partial charge in [-0.1, -0.05) is 28.4 Å². The Kier molecular flexibility index (Phi) is 3.86. The van der Waals surface area contributed by atoms with Gasteiger partial charge in [-0.05, 0) is 26.0 Å². The van der Waals surface area contributed by atoms with E-state index in [4.69, 9.17) is 39.3 Å². The third-order valence-electron chi connectivity index (χ3n) is 3.17. The molecular weight excluding hydrogens is 333 g/mol. The van der Waals surface area contributed by atoms with Crippen LogP contribution in [0.1, 0.15) is 29.6 Å². The first kappa shape index (κ1) is 14.7. The predicted molar refractivity (Wildman–Crippen MR) is 84.4 cm³/mol. The van der Waals surface area contributed by atoms with Gasteiger partial charge >= 0.3 is 0 Å². The summed E-state index contributed by atoms with van der Waals surface area (Å²) in [5.41, 5.74) is 2.43. The molecule has 21 heavy (non-hydrogen) atoms. The van der Waals surface area contributed by atoms with Crippen molar-refractivity contribution in [3.63, 3.8) is 0 Å². The van der Waals surface area contributed by atoms with Crippen molar-refractivity contribution in [2.75, 3.05) is 0 Å². The maximum Gasteiger partial charge on any atom is 0.133 e. The molecule has 2 aromatic heterocycles. The molecule has 110 valence electrons. The van der Waals surface area contributed by atoms with Gasteiger partial charge in [0.25, 0.3) is 0 Å². The SMILES string of the molecule is Cc1cc(Cn2c(C(C)Cl)nc3cc(Cl)c(Cl)cc32)no1. The number of imidazole rings is 1. The second-order valence-electron chi connectivity index (χ2n) is 4.86. The highest BCUT2D eigenvalue weighted by atomic mass is 35.5. The second-order valence-corrected chi connectivity index (χ2v) is 6.33. The number of aromatic nitrogens is 3. The van der Waals surface area contributed by atoms with E-state index in [9.17, 15) is 0 Å². The van der Waals surface area contributed by atoms with Gasteiger partial charge in [0.05, 0.1) is 33.0 Å². The molecule has 4 nitrogen and oxygen atoms in total. The van der Waals surface area contributed by atoms with Gasteiger partial charge in [0, 0.05) is 6.07 Å². The average molecular weight is 345 g/mol. The molecule has 0 aliphatic heterocycles. The Bertz CT molecular complexity index is 807. The van der Waals surface area contributed by atoms with Gasteiger partial charge in [0.1, 0.15) is 17.3 Å². The molecule has 7 heteroatoms. The van der Waals surface area contributed by atoms with Crippen LogP contribution < -0.4 is 0 Å². The lowest BCUT2D eigenvalue weighted by molar-refractivity contribution is 0.389. The molecule has 0 aliphatic rings. The van der Waals surface area contributed by atoms with Gasteiger partial charge in [-0.25, -0.2) is 4.98 Å². The topological polar surface area (TPSA) is 43.9 Å². The third kappa shape index (κ3) is 2.76. The maximum absolute atomic E-state index is 6.24. The minimum Gasteiger partial charge on any atom is -0.361 e. The number of aryl methyl sites for hydroxylation is 1. The quantitative estimate of drug-likeness (QED) is 0.629. The zero-order valence-electron chi connectivity index (χ0n) is 11.4. The van der Waals surface area contributed by atoms with Crippen LogP contribution in [0, 0.1) is 6.92 Å². The number of benzene rings is 1. The number of rotatable bonds is 3. The van der Waals surface area contributed by atoms with E-state index >= 15 is 0 Å². The van der Waals surface area contributed by atoms with E-state index in [-0.39, 0.29) is 5.38 Å². The molecule has 1 aromatic carbocycles. The molecule has 0 amide bonds. The van der Waals surface area contributed by atoms with Crippen molar-refractivity contribution < 1.29 is 4.52 Å². The van der Waals surface area contributed by atoms with Crippen molar-refractivity contribution in [2.45, 2.75) is 25.8 Å². The largest absolute Gasteiger partial charge is 0.361 e. The second kappa shape index (κ2) is 5.52. The highest BCUT2D eigenvalue weighted by Crippen LogP contribution is 2.31. The fraction of sp³-hybridized carbons (Fsp3) is 0.286. The molecule has 0 N–H and O–H groups in total. The van der Waals surface area contributed by atoms with Gasteiger partial charge in [0.15, 0.2) is 0 Å². The van der Waals surface area contributed by atoms with Crippen LogP contribution in [0.15, 0.2) is 22.7 Å². The molecule has 1 atom stereocenters. The third-order valence-corrected chi connectivity index (χ3v) is 4.09. The van der Waals surface area contributed by atoms with Gasteiger partial charge in [0.2, 0.25) is 0 Å². The highest BCUT2D eigenvalue weighted by molar-refractivity contribution is 6.42. The van der Waals surface area contributed by atoms with E-state index in [1.54, 1.807) is 12.1 Å². The van der Waals surface area contributed by atoms with Gasteiger partial charge in [-0.15, -0.1) is 11.6 Å². The Balaban J connectivity index is 2.17. The van der Waals surface area contributed by atoms with Crippen LogP contribution >= 0.6 is 34.8 Å². The van der Waals surface area contributed by atoms with Crippen LogP contribution in [0.25, 0.3) is 11.0 Å². The number of hydrogen-bond acceptors (Lipinski definition) is 3. The summed E-state index contributed by atoms with van der Waals surface area (Å²) in [7, 11) is 0. The first-order valence-electron chi connectivity index (χ1n) is 6.37. The monoisotopic (exact) mass is 343 g/mol. The van der Waals surface area contributed by atoms with Crippen molar-refractivity contribution >= 4 is 45.8 Å². The Morgan fingerprint density at radius 1 is 1.24 bits per heavy atom. The molecule has 0 saturated carbocycles. The molecular formula is C14H12Cl3N3O.